The first-order valence-corrected chi connectivity index (χ1v) is 8.33. The number of alkyl halides is 2. The van der Waals surface area contributed by atoms with Crippen molar-refractivity contribution in [3.8, 4) is 17.1 Å². The maximum absolute atomic E-state index is 12.2. The number of aromatic nitrogens is 2. The number of imidazole rings is 1. The molecule has 1 fully saturated rings. The lowest BCUT2D eigenvalue weighted by atomic mass is 9.82. The first kappa shape index (κ1) is 16.9. The number of nitrogens with zero attached hydrogens (tertiary/aromatic N) is 2. The molecule has 1 aliphatic rings. The van der Waals surface area contributed by atoms with Crippen LogP contribution in [-0.2, 0) is 6.54 Å². The van der Waals surface area contributed by atoms with Gasteiger partial charge in [-0.25, -0.2) is 4.98 Å². The quantitative estimate of drug-likeness (QED) is 0.869. The Morgan fingerprint density at radius 3 is 2.42 bits per heavy atom. The van der Waals surface area contributed by atoms with Crippen molar-refractivity contribution >= 4 is 0 Å². The number of aliphatic hydroxyl groups is 1. The number of ether oxygens (including phenoxy) is 1. The topological polar surface area (TPSA) is 47.3 Å². The van der Waals surface area contributed by atoms with E-state index < -0.39 is 6.61 Å². The van der Waals surface area contributed by atoms with Crippen LogP contribution in [0.1, 0.15) is 25.7 Å². The molecule has 0 atom stereocenters. The minimum Gasteiger partial charge on any atom is -0.435 e. The highest BCUT2D eigenvalue weighted by molar-refractivity contribution is 5.56. The molecule has 1 aromatic carbocycles. The summed E-state index contributed by atoms with van der Waals surface area (Å²) in [7, 11) is 0. The van der Waals surface area contributed by atoms with Crippen molar-refractivity contribution in [1.82, 2.24) is 9.55 Å². The van der Waals surface area contributed by atoms with Gasteiger partial charge in [-0.15, -0.1) is 0 Å². The average Bonchev–Trinajstić information content (AvgIpc) is 3.04. The van der Waals surface area contributed by atoms with Crippen LogP contribution in [0.15, 0.2) is 36.7 Å². The van der Waals surface area contributed by atoms with Crippen LogP contribution in [0.2, 0.25) is 0 Å². The summed E-state index contributed by atoms with van der Waals surface area (Å²) in [4.78, 5) is 4.41. The molecule has 0 radical (unpaired) electrons. The second-order valence-corrected chi connectivity index (χ2v) is 6.38. The second-order valence-electron chi connectivity index (χ2n) is 6.38. The number of hydrogen-bond donors (Lipinski definition) is 1. The predicted molar refractivity (Wildman–Crippen MR) is 86.8 cm³/mol. The Balaban J connectivity index is 1.67. The van der Waals surface area contributed by atoms with Crippen LogP contribution >= 0.6 is 0 Å². The summed E-state index contributed by atoms with van der Waals surface area (Å²) < 4.78 is 30.9. The minimum absolute atomic E-state index is 0.147. The van der Waals surface area contributed by atoms with Crippen molar-refractivity contribution in [2.24, 2.45) is 11.8 Å². The summed E-state index contributed by atoms with van der Waals surface area (Å²) in [6, 6.07) is 6.57. The second kappa shape index (κ2) is 7.75. The number of rotatable bonds is 6. The van der Waals surface area contributed by atoms with E-state index in [1.807, 2.05) is 6.20 Å². The van der Waals surface area contributed by atoms with E-state index in [4.69, 9.17) is 0 Å². The van der Waals surface area contributed by atoms with Gasteiger partial charge >= 0.3 is 6.61 Å². The lowest BCUT2D eigenvalue weighted by Crippen LogP contribution is -2.20. The highest BCUT2D eigenvalue weighted by Gasteiger charge is 2.21. The minimum atomic E-state index is -2.81. The average molecular weight is 336 g/mol. The summed E-state index contributed by atoms with van der Waals surface area (Å²) in [5.74, 6) is 2.02. The molecular formula is C18H22F2N2O2. The lowest BCUT2D eigenvalue weighted by Gasteiger charge is -2.27. The van der Waals surface area contributed by atoms with Crippen molar-refractivity contribution in [1.29, 1.82) is 0 Å². The third-order valence-electron chi connectivity index (χ3n) is 4.73. The van der Waals surface area contributed by atoms with E-state index in [0.717, 1.165) is 43.6 Å². The van der Waals surface area contributed by atoms with Gasteiger partial charge in [0.1, 0.15) is 11.6 Å². The van der Waals surface area contributed by atoms with Gasteiger partial charge in [-0.05, 0) is 61.8 Å². The Morgan fingerprint density at radius 1 is 1.12 bits per heavy atom. The summed E-state index contributed by atoms with van der Waals surface area (Å²) in [5.41, 5.74) is 0.880. The van der Waals surface area contributed by atoms with Crippen molar-refractivity contribution in [2.75, 3.05) is 6.61 Å². The first-order valence-electron chi connectivity index (χ1n) is 8.33. The van der Waals surface area contributed by atoms with Gasteiger partial charge in [0.2, 0.25) is 0 Å². The molecule has 0 bridgehead atoms. The molecule has 0 unspecified atom stereocenters. The van der Waals surface area contributed by atoms with E-state index in [1.165, 1.54) is 12.1 Å². The zero-order valence-electron chi connectivity index (χ0n) is 13.4. The maximum Gasteiger partial charge on any atom is 0.387 e. The van der Waals surface area contributed by atoms with E-state index in [9.17, 15) is 13.9 Å². The van der Waals surface area contributed by atoms with Crippen LogP contribution in [-0.4, -0.2) is 27.9 Å². The Bertz CT molecular complexity index is 635. The van der Waals surface area contributed by atoms with Gasteiger partial charge in [0, 0.05) is 31.1 Å². The normalized spacial score (nSPS) is 21.2. The van der Waals surface area contributed by atoms with Crippen LogP contribution in [0.5, 0.6) is 5.75 Å². The van der Waals surface area contributed by atoms with Crippen LogP contribution in [0.3, 0.4) is 0 Å². The van der Waals surface area contributed by atoms with Crippen molar-refractivity contribution in [2.45, 2.75) is 38.8 Å². The van der Waals surface area contributed by atoms with Crippen LogP contribution in [0.4, 0.5) is 8.78 Å². The molecule has 6 heteroatoms. The largest absolute Gasteiger partial charge is 0.435 e. The third-order valence-corrected chi connectivity index (χ3v) is 4.73. The Kier molecular flexibility index (Phi) is 5.45. The molecule has 4 nitrogen and oxygen atoms in total. The number of aliphatic hydroxyl groups excluding tert-OH is 1. The molecule has 1 aromatic heterocycles. The van der Waals surface area contributed by atoms with Gasteiger partial charge in [-0.2, -0.15) is 8.78 Å². The smallest absolute Gasteiger partial charge is 0.387 e. The molecule has 0 amide bonds. The Hall–Kier alpha value is -1.95. The Labute approximate surface area is 140 Å². The van der Waals surface area contributed by atoms with Crippen molar-refractivity contribution in [3.63, 3.8) is 0 Å². The third kappa shape index (κ3) is 4.12. The van der Waals surface area contributed by atoms with Crippen molar-refractivity contribution < 1.29 is 18.6 Å². The summed E-state index contributed by atoms with van der Waals surface area (Å²) in [6.07, 6.45) is 8.10. The van der Waals surface area contributed by atoms with Gasteiger partial charge in [0.05, 0.1) is 0 Å². The van der Waals surface area contributed by atoms with E-state index in [2.05, 4.69) is 14.3 Å². The van der Waals surface area contributed by atoms with E-state index in [-0.39, 0.29) is 12.4 Å². The summed E-state index contributed by atoms with van der Waals surface area (Å²) in [5, 5.41) is 9.23. The first-order chi connectivity index (χ1) is 11.7. The van der Waals surface area contributed by atoms with Crippen LogP contribution < -0.4 is 4.74 Å². The zero-order chi connectivity index (χ0) is 16.9. The molecule has 1 aliphatic carbocycles. The molecule has 130 valence electrons. The molecule has 1 saturated carbocycles. The predicted octanol–water partition coefficient (Wildman–Crippen LogP) is 3.95. The molecule has 24 heavy (non-hydrogen) atoms. The summed E-state index contributed by atoms with van der Waals surface area (Å²) in [6.45, 7) is -1.63. The monoisotopic (exact) mass is 336 g/mol. The fourth-order valence-electron chi connectivity index (χ4n) is 3.38. The van der Waals surface area contributed by atoms with Gasteiger partial charge in [0.15, 0.2) is 0 Å². The molecule has 3 rings (SSSR count). The number of hydrogen-bond acceptors (Lipinski definition) is 3. The number of halogens is 2. The van der Waals surface area contributed by atoms with Crippen LogP contribution in [0.25, 0.3) is 11.4 Å². The molecule has 0 aliphatic heterocycles. The molecule has 2 aromatic rings. The maximum atomic E-state index is 12.2. The van der Waals surface area contributed by atoms with E-state index in [1.54, 1.807) is 18.3 Å². The van der Waals surface area contributed by atoms with E-state index >= 15 is 0 Å². The Morgan fingerprint density at radius 2 is 1.79 bits per heavy atom. The van der Waals surface area contributed by atoms with Crippen molar-refractivity contribution in [3.05, 3.63) is 36.7 Å². The lowest BCUT2D eigenvalue weighted by molar-refractivity contribution is -0.0498. The highest BCUT2D eigenvalue weighted by Crippen LogP contribution is 2.31. The highest BCUT2D eigenvalue weighted by atomic mass is 19.3. The fraction of sp³-hybridized carbons (Fsp3) is 0.500. The number of benzene rings is 1. The molecule has 1 N–H and O–H groups in total. The summed E-state index contributed by atoms with van der Waals surface area (Å²) >= 11 is 0. The SMILES string of the molecule is OCC1CCC(Cn2ccnc2-c2ccc(OC(F)F)cc2)CC1. The van der Waals surface area contributed by atoms with Gasteiger partial charge in [-0.3, -0.25) is 0 Å². The van der Waals surface area contributed by atoms with E-state index in [0.29, 0.717) is 11.8 Å². The fourth-order valence-corrected chi connectivity index (χ4v) is 3.38. The molecule has 0 saturated heterocycles. The zero-order valence-corrected chi connectivity index (χ0v) is 13.4. The standard InChI is InChI=1S/C18H22F2N2O2/c19-18(20)24-16-7-5-15(6-8-16)17-21-9-10-22(17)11-13-1-3-14(12-23)4-2-13/h5-10,13-14,18,23H,1-4,11-12H2. The van der Waals surface area contributed by atoms with Gasteiger partial charge < -0.3 is 14.4 Å². The molecular weight excluding hydrogens is 314 g/mol. The molecule has 0 spiro atoms. The molecule has 1 heterocycles. The van der Waals surface area contributed by atoms with Crippen LogP contribution in [0, 0.1) is 11.8 Å². The van der Waals surface area contributed by atoms with Gasteiger partial charge in [0.25, 0.3) is 0 Å². The van der Waals surface area contributed by atoms with Gasteiger partial charge in [-0.1, -0.05) is 0 Å².